The first-order chi connectivity index (χ1) is 18.2. The number of likely N-dealkylation sites (N-methyl/N-ethyl adjacent to an activating group) is 1. The van der Waals surface area contributed by atoms with Crippen molar-refractivity contribution >= 4 is 40.4 Å². The zero-order chi connectivity index (χ0) is 27.3. The molecule has 1 saturated heterocycles. The number of benzene rings is 2. The Bertz CT molecular complexity index is 1300. The standard InChI is InChI=1S/C27H30F3N7O/c1-4-24(38)32-19-7-6-8-20(15-19)33-25-18(3)17-31-26(35-25)34-23-10-9-21(16-22(23)27(28,29)30)37-13-11-36(5-2)12-14-37/h4,6-10,15-17H,1,5,11-14H2,2-3H3,(H,32,38)(H2,31,33,34,35). The maximum Gasteiger partial charge on any atom is 0.418 e. The van der Waals surface area contributed by atoms with Crippen LogP contribution in [0, 0.1) is 6.92 Å². The maximum atomic E-state index is 14.0. The van der Waals surface area contributed by atoms with Crippen molar-refractivity contribution in [3.63, 3.8) is 0 Å². The van der Waals surface area contributed by atoms with Crippen LogP contribution in [-0.4, -0.2) is 53.5 Å². The Morgan fingerprint density at radius 2 is 1.82 bits per heavy atom. The minimum atomic E-state index is -4.56. The van der Waals surface area contributed by atoms with Crippen molar-refractivity contribution in [3.05, 3.63) is 72.4 Å². The molecule has 0 spiro atoms. The summed E-state index contributed by atoms with van der Waals surface area (Å²) >= 11 is 0. The normalized spacial score (nSPS) is 14.2. The quantitative estimate of drug-likeness (QED) is 0.332. The van der Waals surface area contributed by atoms with E-state index in [9.17, 15) is 18.0 Å². The molecule has 0 saturated carbocycles. The van der Waals surface area contributed by atoms with Crippen LogP contribution in [0.25, 0.3) is 0 Å². The molecule has 1 fully saturated rings. The predicted octanol–water partition coefficient (Wildman–Crippen LogP) is 5.56. The van der Waals surface area contributed by atoms with Gasteiger partial charge in [0, 0.05) is 55.0 Å². The van der Waals surface area contributed by atoms with Crippen LogP contribution in [0.2, 0.25) is 0 Å². The van der Waals surface area contributed by atoms with Crippen molar-refractivity contribution < 1.29 is 18.0 Å². The number of aromatic nitrogens is 2. The van der Waals surface area contributed by atoms with E-state index in [-0.39, 0.29) is 17.5 Å². The molecular formula is C27H30F3N7O. The van der Waals surface area contributed by atoms with E-state index in [1.165, 1.54) is 24.4 Å². The molecule has 38 heavy (non-hydrogen) atoms. The molecule has 0 aliphatic carbocycles. The van der Waals surface area contributed by atoms with Crippen LogP contribution in [0.15, 0.2) is 61.3 Å². The highest BCUT2D eigenvalue weighted by Gasteiger charge is 2.35. The molecule has 0 atom stereocenters. The first-order valence-electron chi connectivity index (χ1n) is 12.3. The highest BCUT2D eigenvalue weighted by Crippen LogP contribution is 2.38. The molecular weight excluding hydrogens is 495 g/mol. The second-order valence-electron chi connectivity index (χ2n) is 8.90. The van der Waals surface area contributed by atoms with Gasteiger partial charge in [-0.1, -0.05) is 19.6 Å². The van der Waals surface area contributed by atoms with Gasteiger partial charge in [0.2, 0.25) is 11.9 Å². The molecule has 3 N–H and O–H groups in total. The molecule has 11 heteroatoms. The second-order valence-corrected chi connectivity index (χ2v) is 8.90. The lowest BCUT2D eigenvalue weighted by atomic mass is 10.1. The topological polar surface area (TPSA) is 85.4 Å². The van der Waals surface area contributed by atoms with E-state index in [0.29, 0.717) is 41.5 Å². The van der Waals surface area contributed by atoms with E-state index >= 15 is 0 Å². The van der Waals surface area contributed by atoms with Crippen molar-refractivity contribution in [2.45, 2.75) is 20.0 Å². The smallest absolute Gasteiger partial charge is 0.369 e. The van der Waals surface area contributed by atoms with Gasteiger partial charge in [0.25, 0.3) is 0 Å². The summed E-state index contributed by atoms with van der Waals surface area (Å²) < 4.78 is 42.1. The molecule has 0 unspecified atom stereocenters. The summed E-state index contributed by atoms with van der Waals surface area (Å²) in [5, 5.41) is 8.56. The zero-order valence-electron chi connectivity index (χ0n) is 21.3. The molecule has 1 amide bonds. The number of amides is 1. The number of rotatable bonds is 8. The molecule has 0 bridgehead atoms. The summed E-state index contributed by atoms with van der Waals surface area (Å²) in [6.45, 7) is 11.2. The highest BCUT2D eigenvalue weighted by molar-refractivity contribution is 5.99. The van der Waals surface area contributed by atoms with Crippen LogP contribution in [0.4, 0.5) is 47.7 Å². The van der Waals surface area contributed by atoms with Crippen molar-refractivity contribution in [1.29, 1.82) is 0 Å². The Labute approximate surface area is 219 Å². The molecule has 1 aliphatic rings. The largest absolute Gasteiger partial charge is 0.418 e. The summed E-state index contributed by atoms with van der Waals surface area (Å²) in [5.74, 6) is 0.0826. The van der Waals surface area contributed by atoms with Gasteiger partial charge in [-0.3, -0.25) is 4.79 Å². The fraction of sp³-hybridized carbons (Fsp3) is 0.296. The molecule has 200 valence electrons. The minimum Gasteiger partial charge on any atom is -0.369 e. The van der Waals surface area contributed by atoms with Crippen molar-refractivity contribution in [2.75, 3.05) is 53.6 Å². The first-order valence-corrected chi connectivity index (χ1v) is 12.3. The lowest BCUT2D eigenvalue weighted by Gasteiger charge is -2.36. The van der Waals surface area contributed by atoms with E-state index in [0.717, 1.165) is 19.6 Å². The van der Waals surface area contributed by atoms with E-state index in [1.54, 1.807) is 37.3 Å². The number of halogens is 3. The van der Waals surface area contributed by atoms with Crippen LogP contribution in [0.5, 0.6) is 0 Å². The number of hydrogen-bond acceptors (Lipinski definition) is 7. The van der Waals surface area contributed by atoms with Gasteiger partial charge in [-0.15, -0.1) is 0 Å². The third-order valence-corrected chi connectivity index (χ3v) is 6.29. The number of carbonyl (C=O) groups excluding carboxylic acids is 1. The lowest BCUT2D eigenvalue weighted by molar-refractivity contribution is -0.136. The predicted molar refractivity (Wildman–Crippen MR) is 144 cm³/mol. The van der Waals surface area contributed by atoms with Gasteiger partial charge in [-0.05, 0) is 55.9 Å². The van der Waals surface area contributed by atoms with Gasteiger partial charge < -0.3 is 25.8 Å². The van der Waals surface area contributed by atoms with Gasteiger partial charge in [0.15, 0.2) is 0 Å². The summed E-state index contributed by atoms with van der Waals surface area (Å²) in [6.07, 6.45) is -1.87. The van der Waals surface area contributed by atoms with Gasteiger partial charge in [0.1, 0.15) is 5.82 Å². The number of anilines is 6. The molecule has 2 heterocycles. The minimum absolute atomic E-state index is 0.0176. The highest BCUT2D eigenvalue weighted by atomic mass is 19.4. The van der Waals surface area contributed by atoms with Crippen molar-refractivity contribution in [3.8, 4) is 0 Å². The number of nitrogens with zero attached hydrogens (tertiary/aromatic N) is 4. The number of hydrogen-bond donors (Lipinski definition) is 3. The fourth-order valence-corrected chi connectivity index (χ4v) is 4.15. The van der Waals surface area contributed by atoms with Crippen LogP contribution >= 0.6 is 0 Å². The third-order valence-electron chi connectivity index (χ3n) is 6.29. The average Bonchev–Trinajstić information content (AvgIpc) is 2.90. The van der Waals surface area contributed by atoms with Crippen LogP contribution in [0.3, 0.4) is 0 Å². The lowest BCUT2D eigenvalue weighted by Crippen LogP contribution is -2.46. The second kappa shape index (κ2) is 11.5. The van der Waals surface area contributed by atoms with Crippen LogP contribution < -0.4 is 20.9 Å². The Hall–Kier alpha value is -4.12. The molecule has 0 radical (unpaired) electrons. The van der Waals surface area contributed by atoms with Crippen LogP contribution in [0.1, 0.15) is 18.1 Å². The monoisotopic (exact) mass is 525 g/mol. The molecule has 1 aromatic heterocycles. The number of alkyl halides is 3. The zero-order valence-corrected chi connectivity index (χ0v) is 21.3. The van der Waals surface area contributed by atoms with E-state index in [2.05, 4.69) is 44.3 Å². The number of carbonyl (C=O) groups is 1. The van der Waals surface area contributed by atoms with Gasteiger partial charge in [0.05, 0.1) is 11.3 Å². The Morgan fingerprint density at radius 3 is 2.50 bits per heavy atom. The summed E-state index contributed by atoms with van der Waals surface area (Å²) in [7, 11) is 0. The Morgan fingerprint density at radius 1 is 1.08 bits per heavy atom. The third kappa shape index (κ3) is 6.60. The van der Waals surface area contributed by atoms with Gasteiger partial charge in [-0.25, -0.2) is 4.98 Å². The summed E-state index contributed by atoms with van der Waals surface area (Å²) in [5.41, 5.74) is 1.50. The summed E-state index contributed by atoms with van der Waals surface area (Å²) in [6, 6.07) is 11.2. The summed E-state index contributed by atoms with van der Waals surface area (Å²) in [4.78, 5) is 24.4. The van der Waals surface area contributed by atoms with Crippen molar-refractivity contribution in [2.24, 2.45) is 0 Å². The molecule has 3 aromatic rings. The van der Waals surface area contributed by atoms with Crippen LogP contribution in [-0.2, 0) is 11.0 Å². The SMILES string of the molecule is C=CC(=O)Nc1cccc(Nc2nc(Nc3ccc(N4CCN(CC)CC4)cc3C(F)(F)F)ncc2C)c1. The maximum absolute atomic E-state index is 14.0. The average molecular weight is 526 g/mol. The van der Waals surface area contributed by atoms with E-state index in [1.807, 2.05) is 4.90 Å². The molecule has 1 aliphatic heterocycles. The number of nitrogens with one attached hydrogen (secondary N) is 3. The van der Waals surface area contributed by atoms with Gasteiger partial charge in [-0.2, -0.15) is 18.2 Å². The molecule has 2 aromatic carbocycles. The van der Waals surface area contributed by atoms with E-state index in [4.69, 9.17) is 0 Å². The molecule has 8 nitrogen and oxygen atoms in total. The Balaban J connectivity index is 1.55. The van der Waals surface area contributed by atoms with Crippen molar-refractivity contribution in [1.82, 2.24) is 14.9 Å². The Kier molecular flexibility index (Phi) is 8.16. The number of aryl methyl sites for hydroxylation is 1. The van der Waals surface area contributed by atoms with Gasteiger partial charge >= 0.3 is 6.18 Å². The molecule has 4 rings (SSSR count). The van der Waals surface area contributed by atoms with E-state index < -0.39 is 11.7 Å². The first kappa shape index (κ1) is 26.9. The number of piperazine rings is 1. The fourth-order valence-electron chi connectivity index (χ4n) is 4.15.